The van der Waals surface area contributed by atoms with Crippen LogP contribution in [0.1, 0.15) is 22.3 Å². The first-order chi connectivity index (χ1) is 17.5. The monoisotopic (exact) mass is 578 g/mol. The van der Waals surface area contributed by atoms with E-state index in [0.29, 0.717) is 22.3 Å². The summed E-state index contributed by atoms with van der Waals surface area (Å²) in [6, 6.07) is 17.9. The van der Waals surface area contributed by atoms with Crippen LogP contribution in [0.5, 0.6) is 0 Å². The second-order valence-corrected chi connectivity index (χ2v) is 6.88. The number of nitrogens with zero attached hydrogens (tertiary/aromatic N) is 6. The SMILES string of the molecule is O.O.[Ni+2].[O-]/C(=N\N=C\c1cccc(F)c1)c1ccncc1.[O-]/C(=N\N=C\c1cccc(F)c1)c1ccncc1. The minimum absolute atomic E-state index is 0. The van der Waals surface area contributed by atoms with Gasteiger partial charge in [-0.1, -0.05) is 24.3 Å². The zero-order valence-corrected chi connectivity index (χ0v) is 21.0. The third-order valence-electron chi connectivity index (χ3n) is 4.26. The van der Waals surface area contributed by atoms with Crippen molar-refractivity contribution in [3.63, 3.8) is 0 Å². The Labute approximate surface area is 232 Å². The number of hydrogen-bond donors (Lipinski definition) is 0. The standard InChI is InChI=1S/2C13H10FN3O.Ni.2H2O/c2*14-12-3-1-2-10(8-12)9-16-17-13(18)11-4-6-15-7-5-11;;;/h2*1-9H,(H,17,18);;2*1H2/q;;+2;;/p-2/b2*16-9+;;;. The second kappa shape index (κ2) is 18.5. The van der Waals surface area contributed by atoms with Crippen molar-refractivity contribution in [1.29, 1.82) is 0 Å². The summed E-state index contributed by atoms with van der Waals surface area (Å²) in [5.41, 5.74) is 1.89. The average molecular weight is 579 g/mol. The van der Waals surface area contributed by atoms with Crippen molar-refractivity contribution in [2.24, 2.45) is 20.4 Å². The van der Waals surface area contributed by atoms with E-state index in [1.807, 2.05) is 0 Å². The van der Waals surface area contributed by atoms with Crippen LogP contribution >= 0.6 is 0 Å². The summed E-state index contributed by atoms with van der Waals surface area (Å²) in [6.45, 7) is 0. The number of halogens is 2. The first kappa shape index (κ1) is 34.3. The van der Waals surface area contributed by atoms with E-state index in [4.69, 9.17) is 0 Å². The molecule has 4 N–H and O–H groups in total. The van der Waals surface area contributed by atoms with Crippen LogP contribution in [-0.2, 0) is 16.5 Å². The van der Waals surface area contributed by atoms with Gasteiger partial charge in [-0.25, -0.2) is 8.78 Å². The summed E-state index contributed by atoms with van der Waals surface area (Å²) in [4.78, 5) is 7.58. The quantitative estimate of drug-likeness (QED) is 0.143. The molecule has 0 bridgehead atoms. The molecule has 0 fully saturated rings. The van der Waals surface area contributed by atoms with Crippen LogP contribution in [0, 0.1) is 11.6 Å². The Hall–Kier alpha value is -4.71. The number of aromatic nitrogens is 2. The molecular weight excluding hydrogens is 557 g/mol. The summed E-state index contributed by atoms with van der Waals surface area (Å²) >= 11 is 0. The predicted molar refractivity (Wildman–Crippen MR) is 137 cm³/mol. The zero-order chi connectivity index (χ0) is 25.6. The number of hydrogen-bond acceptors (Lipinski definition) is 8. The van der Waals surface area contributed by atoms with Crippen molar-refractivity contribution in [3.05, 3.63) is 131 Å². The maximum Gasteiger partial charge on any atom is 2.00 e. The summed E-state index contributed by atoms with van der Waals surface area (Å²) < 4.78 is 25.7. The molecule has 2 aromatic heterocycles. The maximum atomic E-state index is 12.9. The fourth-order valence-corrected chi connectivity index (χ4v) is 2.57. The smallest absolute Gasteiger partial charge is 0.857 e. The summed E-state index contributed by atoms with van der Waals surface area (Å²) in [6.07, 6.45) is 8.64. The molecule has 2 aromatic carbocycles. The Morgan fingerprint density at radius 2 is 0.974 bits per heavy atom. The van der Waals surface area contributed by atoms with Gasteiger partial charge < -0.3 is 21.2 Å². The van der Waals surface area contributed by atoms with Gasteiger partial charge >= 0.3 is 16.5 Å². The summed E-state index contributed by atoms with van der Waals surface area (Å²) in [5, 5.41) is 37.3. The van der Waals surface area contributed by atoms with Crippen LogP contribution in [0.2, 0.25) is 0 Å². The van der Waals surface area contributed by atoms with Crippen molar-refractivity contribution < 1.29 is 46.4 Å². The molecule has 0 aliphatic heterocycles. The van der Waals surface area contributed by atoms with Gasteiger partial charge in [0.1, 0.15) is 11.6 Å². The fourth-order valence-electron chi connectivity index (χ4n) is 2.57. The van der Waals surface area contributed by atoms with Crippen LogP contribution in [0.15, 0.2) is 118 Å². The van der Waals surface area contributed by atoms with E-state index in [1.54, 1.807) is 48.5 Å². The molecule has 0 saturated heterocycles. The number of benzene rings is 2. The minimum Gasteiger partial charge on any atom is -0.857 e. The van der Waals surface area contributed by atoms with Crippen LogP contribution in [0.4, 0.5) is 8.78 Å². The van der Waals surface area contributed by atoms with Gasteiger partial charge in [0.05, 0.1) is 12.4 Å². The third kappa shape index (κ3) is 12.4. The third-order valence-corrected chi connectivity index (χ3v) is 4.26. The van der Waals surface area contributed by atoms with Crippen LogP contribution in [0.25, 0.3) is 0 Å². The van der Waals surface area contributed by atoms with Crippen LogP contribution in [0.3, 0.4) is 0 Å². The fraction of sp³-hybridized carbons (Fsp3) is 0. The second-order valence-electron chi connectivity index (χ2n) is 6.88. The van der Waals surface area contributed by atoms with Crippen LogP contribution < -0.4 is 10.2 Å². The summed E-state index contributed by atoms with van der Waals surface area (Å²) in [7, 11) is 0. The van der Waals surface area contributed by atoms with E-state index in [9.17, 15) is 19.0 Å². The van der Waals surface area contributed by atoms with Crippen molar-refractivity contribution in [3.8, 4) is 0 Å². The Bertz CT molecular complexity index is 1280. The molecule has 204 valence electrons. The molecule has 39 heavy (non-hydrogen) atoms. The van der Waals surface area contributed by atoms with E-state index in [1.165, 1.54) is 61.5 Å². The van der Waals surface area contributed by atoms with E-state index in [-0.39, 0.29) is 39.1 Å². The minimum atomic E-state index is -0.468. The van der Waals surface area contributed by atoms with Gasteiger partial charge in [0.25, 0.3) is 0 Å². The van der Waals surface area contributed by atoms with Crippen LogP contribution in [-0.4, -0.2) is 45.1 Å². The first-order valence-corrected chi connectivity index (χ1v) is 10.4. The molecule has 2 heterocycles. The molecule has 0 aliphatic carbocycles. The molecule has 0 amide bonds. The Balaban J connectivity index is 0.000000688. The molecule has 0 saturated carbocycles. The Kier molecular flexibility index (Phi) is 16.3. The average Bonchev–Trinajstić information content (AvgIpc) is 2.90. The zero-order valence-electron chi connectivity index (χ0n) is 20.0. The molecule has 13 heteroatoms. The summed E-state index contributed by atoms with van der Waals surface area (Å²) in [5.74, 6) is -1.66. The number of pyridine rings is 2. The Morgan fingerprint density at radius 3 is 1.31 bits per heavy atom. The Morgan fingerprint density at radius 1 is 0.615 bits per heavy atom. The van der Waals surface area contributed by atoms with E-state index >= 15 is 0 Å². The molecule has 4 aromatic rings. The maximum absolute atomic E-state index is 12.9. The van der Waals surface area contributed by atoms with Crippen molar-refractivity contribution in [2.75, 3.05) is 0 Å². The molecule has 0 radical (unpaired) electrons. The molecule has 0 aliphatic rings. The van der Waals surface area contributed by atoms with E-state index in [2.05, 4.69) is 30.4 Å². The molecular formula is C26H22F2N6NiO4. The van der Waals surface area contributed by atoms with Gasteiger partial charge in [0.15, 0.2) is 0 Å². The van der Waals surface area contributed by atoms with Gasteiger partial charge in [0, 0.05) is 36.6 Å². The topological polar surface area (TPSA) is 184 Å². The van der Waals surface area contributed by atoms with Gasteiger partial charge in [0.2, 0.25) is 0 Å². The number of rotatable bonds is 6. The van der Waals surface area contributed by atoms with Crippen molar-refractivity contribution >= 4 is 24.2 Å². The van der Waals surface area contributed by atoms with Gasteiger partial charge in [-0.2, -0.15) is 20.4 Å². The molecule has 4 rings (SSSR count). The van der Waals surface area contributed by atoms with Gasteiger partial charge in [-0.3, -0.25) is 9.97 Å². The van der Waals surface area contributed by atoms with Crippen molar-refractivity contribution in [1.82, 2.24) is 9.97 Å². The van der Waals surface area contributed by atoms with Crippen molar-refractivity contribution in [2.45, 2.75) is 0 Å². The van der Waals surface area contributed by atoms with E-state index < -0.39 is 11.8 Å². The predicted octanol–water partition coefficient (Wildman–Crippen LogP) is 1.07. The largest absolute Gasteiger partial charge is 2.00 e. The van der Waals surface area contributed by atoms with Gasteiger partial charge in [-0.15, -0.1) is 0 Å². The molecule has 10 nitrogen and oxygen atoms in total. The molecule has 0 spiro atoms. The molecule has 0 atom stereocenters. The molecule has 0 unspecified atom stereocenters. The van der Waals surface area contributed by atoms with Gasteiger partial charge in [-0.05, 0) is 70.8 Å². The first-order valence-electron chi connectivity index (χ1n) is 10.4. The van der Waals surface area contributed by atoms with E-state index in [0.717, 1.165) is 0 Å². The normalized spacial score (nSPS) is 11.0.